The van der Waals surface area contributed by atoms with Gasteiger partial charge < -0.3 is 9.47 Å². The van der Waals surface area contributed by atoms with Crippen LogP contribution in [0.4, 0.5) is 0 Å². The van der Waals surface area contributed by atoms with E-state index in [9.17, 15) is 4.79 Å². The zero-order chi connectivity index (χ0) is 16.9. The molecule has 0 saturated carbocycles. The molecule has 0 bridgehead atoms. The molecular formula is C20H17NO3. The Balaban J connectivity index is 2.09. The smallest absolute Gasteiger partial charge is 0.193 e. The predicted molar refractivity (Wildman–Crippen MR) is 92.7 cm³/mol. The molecule has 0 unspecified atom stereocenters. The first-order valence-corrected chi connectivity index (χ1v) is 7.51. The van der Waals surface area contributed by atoms with Crippen molar-refractivity contribution < 1.29 is 14.3 Å². The molecule has 0 amide bonds. The number of carbonyl (C=O) groups excluding carboxylic acids is 1. The summed E-state index contributed by atoms with van der Waals surface area (Å²) in [5.41, 5.74) is 2.65. The number of pyridine rings is 1. The minimum Gasteiger partial charge on any atom is -0.497 e. The number of hydrogen-bond acceptors (Lipinski definition) is 4. The SMILES string of the molecule is COc1cc(OC)cc(C(=O)c2ccccc2-c2ccccn2)c1. The van der Waals surface area contributed by atoms with Crippen molar-refractivity contribution >= 4 is 5.78 Å². The summed E-state index contributed by atoms with van der Waals surface area (Å²) in [6.07, 6.45) is 1.71. The Kier molecular flexibility index (Phi) is 4.57. The van der Waals surface area contributed by atoms with Crippen LogP contribution in [0.3, 0.4) is 0 Å². The Labute approximate surface area is 140 Å². The first kappa shape index (κ1) is 15.7. The summed E-state index contributed by atoms with van der Waals surface area (Å²) >= 11 is 0. The molecule has 0 aliphatic rings. The minimum atomic E-state index is -0.103. The summed E-state index contributed by atoms with van der Waals surface area (Å²) in [6.45, 7) is 0. The molecule has 0 spiro atoms. The molecule has 0 atom stereocenters. The summed E-state index contributed by atoms with van der Waals surface area (Å²) in [5.74, 6) is 1.05. The fourth-order valence-electron chi connectivity index (χ4n) is 2.52. The van der Waals surface area contributed by atoms with E-state index in [0.717, 1.165) is 11.3 Å². The molecule has 2 aromatic carbocycles. The second-order valence-electron chi connectivity index (χ2n) is 5.19. The van der Waals surface area contributed by atoms with Gasteiger partial charge in [-0.2, -0.15) is 0 Å². The van der Waals surface area contributed by atoms with Crippen LogP contribution in [0.1, 0.15) is 15.9 Å². The lowest BCUT2D eigenvalue weighted by atomic mass is 9.96. The van der Waals surface area contributed by atoms with Crippen molar-refractivity contribution in [3.8, 4) is 22.8 Å². The van der Waals surface area contributed by atoms with Crippen molar-refractivity contribution in [2.24, 2.45) is 0 Å². The highest BCUT2D eigenvalue weighted by atomic mass is 16.5. The monoisotopic (exact) mass is 319 g/mol. The van der Waals surface area contributed by atoms with Gasteiger partial charge in [0.25, 0.3) is 0 Å². The zero-order valence-electron chi connectivity index (χ0n) is 13.5. The van der Waals surface area contributed by atoms with E-state index in [-0.39, 0.29) is 5.78 Å². The lowest BCUT2D eigenvalue weighted by Gasteiger charge is -2.11. The van der Waals surface area contributed by atoms with Gasteiger partial charge in [0.1, 0.15) is 11.5 Å². The molecule has 0 radical (unpaired) electrons. The maximum Gasteiger partial charge on any atom is 0.193 e. The number of nitrogens with zero attached hydrogens (tertiary/aromatic N) is 1. The van der Waals surface area contributed by atoms with Gasteiger partial charge in [0.2, 0.25) is 0 Å². The molecular weight excluding hydrogens is 302 g/mol. The van der Waals surface area contributed by atoms with Crippen LogP contribution in [0.15, 0.2) is 66.9 Å². The maximum absolute atomic E-state index is 13.0. The molecule has 0 aliphatic carbocycles. The van der Waals surface area contributed by atoms with Gasteiger partial charge in [-0.25, -0.2) is 0 Å². The van der Waals surface area contributed by atoms with Gasteiger partial charge in [-0.05, 0) is 24.3 Å². The van der Waals surface area contributed by atoms with Gasteiger partial charge in [-0.1, -0.05) is 30.3 Å². The average Bonchev–Trinajstić information content (AvgIpc) is 2.67. The molecule has 3 aromatic rings. The number of methoxy groups -OCH3 is 2. The van der Waals surface area contributed by atoms with Crippen molar-refractivity contribution in [2.75, 3.05) is 14.2 Å². The quantitative estimate of drug-likeness (QED) is 0.667. The Hall–Kier alpha value is -3.14. The third-order valence-electron chi connectivity index (χ3n) is 3.73. The molecule has 120 valence electrons. The fraction of sp³-hybridized carbons (Fsp3) is 0.100. The third-order valence-corrected chi connectivity index (χ3v) is 3.73. The van der Waals surface area contributed by atoms with Crippen LogP contribution < -0.4 is 9.47 Å². The molecule has 4 nitrogen and oxygen atoms in total. The molecule has 24 heavy (non-hydrogen) atoms. The van der Waals surface area contributed by atoms with E-state index in [1.165, 1.54) is 0 Å². The first-order chi connectivity index (χ1) is 11.7. The van der Waals surface area contributed by atoms with Gasteiger partial charge in [-0.15, -0.1) is 0 Å². The average molecular weight is 319 g/mol. The molecule has 0 saturated heterocycles. The van der Waals surface area contributed by atoms with Gasteiger partial charge in [0.05, 0.1) is 19.9 Å². The number of rotatable bonds is 5. The number of carbonyl (C=O) groups is 1. The van der Waals surface area contributed by atoms with Crippen LogP contribution >= 0.6 is 0 Å². The summed E-state index contributed by atoms with van der Waals surface area (Å²) in [5, 5.41) is 0. The van der Waals surface area contributed by atoms with Crippen molar-refractivity contribution in [1.82, 2.24) is 4.98 Å². The Morgan fingerprint density at radius 3 is 2.17 bits per heavy atom. The summed E-state index contributed by atoms with van der Waals surface area (Å²) < 4.78 is 10.5. The van der Waals surface area contributed by atoms with Crippen molar-refractivity contribution in [3.05, 3.63) is 78.0 Å². The zero-order valence-corrected chi connectivity index (χ0v) is 13.5. The second kappa shape index (κ2) is 6.96. The number of ketones is 1. The topological polar surface area (TPSA) is 48.4 Å². The van der Waals surface area contributed by atoms with Crippen LogP contribution in [0.2, 0.25) is 0 Å². The Morgan fingerprint density at radius 1 is 0.875 bits per heavy atom. The highest BCUT2D eigenvalue weighted by Crippen LogP contribution is 2.28. The first-order valence-electron chi connectivity index (χ1n) is 7.51. The van der Waals surface area contributed by atoms with E-state index < -0.39 is 0 Å². The van der Waals surface area contributed by atoms with E-state index in [4.69, 9.17) is 9.47 Å². The van der Waals surface area contributed by atoms with Crippen LogP contribution in [-0.4, -0.2) is 25.0 Å². The van der Waals surface area contributed by atoms with E-state index in [2.05, 4.69) is 4.98 Å². The normalized spacial score (nSPS) is 10.2. The maximum atomic E-state index is 13.0. The van der Waals surface area contributed by atoms with Gasteiger partial charge in [0, 0.05) is 29.0 Å². The highest BCUT2D eigenvalue weighted by Gasteiger charge is 2.17. The van der Waals surface area contributed by atoms with Crippen molar-refractivity contribution in [3.63, 3.8) is 0 Å². The standard InChI is InChI=1S/C20H17NO3/c1-23-15-11-14(12-16(13-15)24-2)20(22)18-8-4-3-7-17(18)19-9-5-6-10-21-19/h3-13H,1-2H3. The third kappa shape index (κ3) is 3.13. The summed E-state index contributed by atoms with van der Waals surface area (Å²) in [7, 11) is 3.12. The molecule has 0 fully saturated rings. The summed E-state index contributed by atoms with van der Waals surface area (Å²) in [4.78, 5) is 17.4. The van der Waals surface area contributed by atoms with E-state index in [1.54, 1.807) is 44.7 Å². The fourth-order valence-corrected chi connectivity index (χ4v) is 2.52. The van der Waals surface area contributed by atoms with Crippen LogP contribution in [0.25, 0.3) is 11.3 Å². The van der Waals surface area contributed by atoms with Gasteiger partial charge in [-0.3, -0.25) is 9.78 Å². The number of hydrogen-bond donors (Lipinski definition) is 0. The largest absolute Gasteiger partial charge is 0.497 e. The van der Waals surface area contributed by atoms with Crippen LogP contribution in [0.5, 0.6) is 11.5 Å². The van der Waals surface area contributed by atoms with E-state index >= 15 is 0 Å². The van der Waals surface area contributed by atoms with Gasteiger partial charge >= 0.3 is 0 Å². The molecule has 0 aliphatic heterocycles. The van der Waals surface area contributed by atoms with Crippen molar-refractivity contribution in [2.45, 2.75) is 0 Å². The lowest BCUT2D eigenvalue weighted by Crippen LogP contribution is -2.05. The molecule has 4 heteroatoms. The number of benzene rings is 2. The molecule has 1 aromatic heterocycles. The van der Waals surface area contributed by atoms with Crippen LogP contribution in [-0.2, 0) is 0 Å². The number of aromatic nitrogens is 1. The van der Waals surface area contributed by atoms with Gasteiger partial charge in [0.15, 0.2) is 5.78 Å². The molecule has 0 N–H and O–H groups in total. The molecule has 1 heterocycles. The lowest BCUT2D eigenvalue weighted by molar-refractivity contribution is 0.103. The van der Waals surface area contributed by atoms with E-state index in [1.807, 2.05) is 36.4 Å². The predicted octanol–water partition coefficient (Wildman–Crippen LogP) is 4.00. The molecule has 3 rings (SSSR count). The second-order valence-corrected chi connectivity index (χ2v) is 5.19. The minimum absolute atomic E-state index is 0.103. The van der Waals surface area contributed by atoms with Crippen LogP contribution in [0, 0.1) is 0 Å². The number of ether oxygens (including phenoxy) is 2. The highest BCUT2D eigenvalue weighted by molar-refractivity contribution is 6.13. The summed E-state index contributed by atoms with van der Waals surface area (Å²) in [6, 6.07) is 18.2. The Bertz CT molecular complexity index is 838. The van der Waals surface area contributed by atoms with E-state index in [0.29, 0.717) is 22.6 Å². The Morgan fingerprint density at radius 2 is 1.54 bits per heavy atom. The van der Waals surface area contributed by atoms with Crippen molar-refractivity contribution in [1.29, 1.82) is 0 Å².